The van der Waals surface area contributed by atoms with Crippen molar-refractivity contribution in [3.63, 3.8) is 0 Å². The van der Waals surface area contributed by atoms with Gasteiger partial charge in [-0.15, -0.1) is 24.8 Å². The second kappa shape index (κ2) is 9.26. The van der Waals surface area contributed by atoms with Crippen LogP contribution in [0.25, 0.3) is 0 Å². The van der Waals surface area contributed by atoms with Gasteiger partial charge in [-0.3, -0.25) is 4.79 Å². The third-order valence-corrected chi connectivity index (χ3v) is 4.83. The van der Waals surface area contributed by atoms with Crippen LogP contribution in [0.2, 0.25) is 0 Å². The van der Waals surface area contributed by atoms with Gasteiger partial charge in [-0.05, 0) is 37.5 Å². The molecular weight excluding hydrogens is 369 g/mol. The number of nitrogens with one attached hydrogen (secondary N) is 1. The molecule has 3 N–H and O–H groups in total. The molecule has 2 atom stereocenters. The van der Waals surface area contributed by atoms with Gasteiger partial charge >= 0.3 is 0 Å². The van der Waals surface area contributed by atoms with Gasteiger partial charge in [0.15, 0.2) is 0 Å². The van der Waals surface area contributed by atoms with E-state index in [1.54, 1.807) is 6.92 Å². The summed E-state index contributed by atoms with van der Waals surface area (Å²) < 4.78 is 0. The first-order valence-electron chi connectivity index (χ1n) is 8.47. The van der Waals surface area contributed by atoms with Crippen molar-refractivity contribution in [1.82, 2.24) is 5.32 Å². The Bertz CT molecular complexity index is 722. The van der Waals surface area contributed by atoms with E-state index < -0.39 is 5.54 Å². The van der Waals surface area contributed by atoms with Crippen molar-refractivity contribution in [2.24, 2.45) is 5.73 Å². The number of anilines is 1. The highest BCUT2D eigenvalue weighted by Gasteiger charge is 2.30. The maximum Gasteiger partial charge on any atom is 0.244 e. The minimum atomic E-state index is -1.02. The lowest BCUT2D eigenvalue weighted by Crippen LogP contribution is -2.50. The number of para-hydroxylation sites is 1. The van der Waals surface area contributed by atoms with Gasteiger partial charge in [0, 0.05) is 24.8 Å². The van der Waals surface area contributed by atoms with Crippen molar-refractivity contribution in [3.05, 3.63) is 65.7 Å². The highest BCUT2D eigenvalue weighted by atomic mass is 35.5. The van der Waals surface area contributed by atoms with Crippen molar-refractivity contribution >= 4 is 36.4 Å². The van der Waals surface area contributed by atoms with E-state index in [1.807, 2.05) is 30.3 Å². The van der Waals surface area contributed by atoms with Gasteiger partial charge in [0.2, 0.25) is 5.91 Å². The zero-order chi connectivity index (χ0) is 17.2. The molecule has 0 saturated heterocycles. The predicted molar refractivity (Wildman–Crippen MR) is 112 cm³/mol. The first-order chi connectivity index (χ1) is 11.5. The third kappa shape index (κ3) is 4.50. The van der Waals surface area contributed by atoms with Crippen molar-refractivity contribution in [2.45, 2.75) is 31.8 Å². The molecule has 1 aliphatic rings. The van der Waals surface area contributed by atoms with Crippen molar-refractivity contribution < 1.29 is 4.79 Å². The maximum absolute atomic E-state index is 12.5. The van der Waals surface area contributed by atoms with Crippen LogP contribution < -0.4 is 16.0 Å². The van der Waals surface area contributed by atoms with Crippen LogP contribution >= 0.6 is 24.8 Å². The van der Waals surface area contributed by atoms with Crippen molar-refractivity contribution in [2.75, 3.05) is 18.0 Å². The van der Waals surface area contributed by atoms with Gasteiger partial charge in [-0.25, -0.2) is 0 Å². The lowest BCUT2D eigenvalue weighted by atomic mass is 9.92. The van der Waals surface area contributed by atoms with Gasteiger partial charge in [-0.2, -0.15) is 0 Å². The number of hydrogen-bond donors (Lipinski definition) is 2. The number of rotatable bonds is 5. The number of benzene rings is 2. The van der Waals surface area contributed by atoms with Crippen molar-refractivity contribution in [1.29, 1.82) is 0 Å². The Hall–Kier alpha value is -1.75. The average molecular weight is 396 g/mol. The van der Waals surface area contributed by atoms with Crippen molar-refractivity contribution in [3.8, 4) is 0 Å². The Morgan fingerprint density at radius 1 is 1.15 bits per heavy atom. The van der Waals surface area contributed by atoms with E-state index in [2.05, 4.69) is 41.4 Å². The second-order valence-electron chi connectivity index (χ2n) is 6.70. The van der Waals surface area contributed by atoms with Gasteiger partial charge in [0.1, 0.15) is 5.54 Å². The van der Waals surface area contributed by atoms with Crippen LogP contribution in [0.3, 0.4) is 0 Å². The zero-order valence-electron chi connectivity index (χ0n) is 15.1. The highest BCUT2D eigenvalue weighted by molar-refractivity contribution is 5.87. The summed E-state index contributed by atoms with van der Waals surface area (Å²) in [6.07, 6.45) is 1.06. The number of carbonyl (C=O) groups is 1. The van der Waals surface area contributed by atoms with Crippen LogP contribution in [-0.4, -0.2) is 25.0 Å². The molecule has 142 valence electrons. The standard InChI is InChI=1S/C20H25N3O.2ClH/c1-15-14-16-8-6-7-11-18(16)23(15)13-12-22-19(24)20(2,21)17-9-4-3-5-10-17;;/h3-11,15H,12-14,21H2,1-2H3,(H,22,24);2*1H. The first-order valence-corrected chi connectivity index (χ1v) is 8.47. The molecule has 0 fully saturated rings. The molecule has 0 bridgehead atoms. The summed E-state index contributed by atoms with van der Waals surface area (Å²) in [5.41, 5.74) is 8.71. The van der Waals surface area contributed by atoms with Gasteiger partial charge in [0.05, 0.1) is 0 Å². The fraction of sp³-hybridized carbons (Fsp3) is 0.350. The molecule has 1 aliphatic heterocycles. The number of amides is 1. The molecule has 0 aromatic heterocycles. The quantitative estimate of drug-likeness (QED) is 0.816. The third-order valence-electron chi connectivity index (χ3n) is 4.83. The fourth-order valence-electron chi connectivity index (χ4n) is 3.36. The highest BCUT2D eigenvalue weighted by Crippen LogP contribution is 2.31. The monoisotopic (exact) mass is 395 g/mol. The van der Waals surface area contributed by atoms with Crippen LogP contribution in [-0.2, 0) is 16.8 Å². The topological polar surface area (TPSA) is 58.4 Å². The molecule has 2 aromatic carbocycles. The molecule has 2 aromatic rings. The Labute approximate surface area is 168 Å². The number of hydrogen-bond acceptors (Lipinski definition) is 3. The number of fused-ring (bicyclic) bond motifs is 1. The van der Waals surface area contributed by atoms with Crippen LogP contribution in [0.1, 0.15) is 25.0 Å². The van der Waals surface area contributed by atoms with Crippen LogP contribution in [0.5, 0.6) is 0 Å². The molecule has 0 spiro atoms. The lowest BCUT2D eigenvalue weighted by molar-refractivity contribution is -0.126. The summed E-state index contributed by atoms with van der Waals surface area (Å²) >= 11 is 0. The molecule has 26 heavy (non-hydrogen) atoms. The summed E-state index contributed by atoms with van der Waals surface area (Å²) in [6, 6.07) is 18.4. The summed E-state index contributed by atoms with van der Waals surface area (Å²) in [4.78, 5) is 14.9. The Morgan fingerprint density at radius 2 is 1.77 bits per heavy atom. The maximum atomic E-state index is 12.5. The lowest BCUT2D eigenvalue weighted by Gasteiger charge is -2.27. The minimum absolute atomic E-state index is 0. The smallest absolute Gasteiger partial charge is 0.244 e. The molecule has 0 aliphatic carbocycles. The molecule has 0 saturated carbocycles. The Balaban J connectivity index is 0.00000169. The normalized spacial score (nSPS) is 17.3. The molecule has 1 heterocycles. The van der Waals surface area contributed by atoms with E-state index in [0.717, 1.165) is 18.5 Å². The average Bonchev–Trinajstić information content (AvgIpc) is 2.91. The zero-order valence-corrected chi connectivity index (χ0v) is 16.8. The van der Waals surface area contributed by atoms with Gasteiger partial charge in [-0.1, -0.05) is 48.5 Å². The van der Waals surface area contributed by atoms with Gasteiger partial charge in [0.25, 0.3) is 0 Å². The molecule has 2 unspecified atom stereocenters. The van der Waals surface area contributed by atoms with Crippen LogP contribution in [0, 0.1) is 0 Å². The summed E-state index contributed by atoms with van der Waals surface area (Å²) in [5.74, 6) is -0.145. The molecule has 3 rings (SSSR count). The Morgan fingerprint density at radius 3 is 2.46 bits per heavy atom. The fourth-order valence-corrected chi connectivity index (χ4v) is 3.36. The van der Waals surface area contributed by atoms with Crippen LogP contribution in [0.15, 0.2) is 54.6 Å². The molecular formula is C20H27Cl2N3O. The minimum Gasteiger partial charge on any atom is -0.367 e. The second-order valence-corrected chi connectivity index (χ2v) is 6.70. The van der Waals surface area contributed by atoms with E-state index in [-0.39, 0.29) is 30.7 Å². The number of nitrogens with two attached hydrogens (primary N) is 1. The van der Waals surface area contributed by atoms with E-state index in [9.17, 15) is 4.79 Å². The van der Waals surface area contributed by atoms with Gasteiger partial charge < -0.3 is 16.0 Å². The number of halogens is 2. The predicted octanol–water partition coefficient (Wildman–Crippen LogP) is 3.27. The number of carbonyl (C=O) groups excluding carboxylic acids is 1. The largest absolute Gasteiger partial charge is 0.367 e. The van der Waals surface area contributed by atoms with E-state index in [4.69, 9.17) is 5.73 Å². The molecule has 1 amide bonds. The number of nitrogens with zero attached hydrogens (tertiary/aromatic N) is 1. The van der Waals surface area contributed by atoms with E-state index in [1.165, 1.54) is 11.3 Å². The SMILES string of the molecule is CC1Cc2ccccc2N1CCNC(=O)C(C)(N)c1ccccc1.Cl.Cl. The molecule has 4 nitrogen and oxygen atoms in total. The first kappa shape index (κ1) is 22.3. The van der Waals surface area contributed by atoms with E-state index >= 15 is 0 Å². The summed E-state index contributed by atoms with van der Waals surface area (Å²) in [7, 11) is 0. The summed E-state index contributed by atoms with van der Waals surface area (Å²) in [5, 5.41) is 2.99. The van der Waals surface area contributed by atoms with Crippen LogP contribution in [0.4, 0.5) is 5.69 Å². The molecule has 6 heteroatoms. The Kier molecular flexibility index (Phi) is 7.94. The summed E-state index contributed by atoms with van der Waals surface area (Å²) in [6.45, 7) is 5.34. The molecule has 0 radical (unpaired) electrons. The van der Waals surface area contributed by atoms with E-state index in [0.29, 0.717) is 12.6 Å².